The molecule has 2 N–H and O–H groups in total. The number of nitrogens with one attached hydrogen (secondary N) is 1. The number of carbonyl (C=O) groups excluding carboxylic acids is 2. The van der Waals surface area contributed by atoms with E-state index in [0.29, 0.717) is 37.7 Å². The van der Waals surface area contributed by atoms with E-state index in [1.807, 2.05) is 0 Å². The van der Waals surface area contributed by atoms with Gasteiger partial charge in [-0.15, -0.1) is 11.8 Å². The Morgan fingerprint density at radius 2 is 2.23 bits per heavy atom. The minimum atomic E-state index is -1.05. The number of thioether (sulfide) groups is 1. The van der Waals surface area contributed by atoms with Crippen molar-refractivity contribution in [2.24, 2.45) is 5.92 Å². The zero-order valence-electron chi connectivity index (χ0n) is 12.6. The molecule has 0 aromatic carbocycles. The lowest BCUT2D eigenvalue weighted by molar-refractivity contribution is -0.146. The summed E-state index contributed by atoms with van der Waals surface area (Å²) >= 11 is 1.51. The van der Waals surface area contributed by atoms with Gasteiger partial charge >= 0.3 is 5.97 Å². The molecule has 8 heteroatoms. The van der Waals surface area contributed by atoms with Gasteiger partial charge in [0.2, 0.25) is 11.8 Å². The Labute approximate surface area is 133 Å². The van der Waals surface area contributed by atoms with Crippen molar-refractivity contribution in [3.8, 4) is 0 Å². The molecule has 2 amide bonds. The second-order valence-corrected chi connectivity index (χ2v) is 6.53. The highest BCUT2D eigenvalue weighted by Crippen LogP contribution is 2.23. The van der Waals surface area contributed by atoms with Gasteiger partial charge < -0.3 is 20.1 Å². The fourth-order valence-corrected chi connectivity index (χ4v) is 3.95. The molecule has 7 nitrogen and oxygen atoms in total. The van der Waals surface area contributed by atoms with Crippen LogP contribution in [0.1, 0.15) is 26.2 Å². The van der Waals surface area contributed by atoms with Gasteiger partial charge in [0.15, 0.2) is 0 Å². The van der Waals surface area contributed by atoms with Gasteiger partial charge in [0.25, 0.3) is 0 Å². The molecule has 0 aromatic heterocycles. The van der Waals surface area contributed by atoms with Crippen LogP contribution in [0, 0.1) is 5.92 Å². The predicted molar refractivity (Wildman–Crippen MR) is 81.4 cm³/mol. The minimum Gasteiger partial charge on any atom is -0.480 e. The van der Waals surface area contributed by atoms with E-state index >= 15 is 0 Å². The van der Waals surface area contributed by atoms with Crippen LogP contribution in [0.2, 0.25) is 0 Å². The maximum atomic E-state index is 12.4. The highest BCUT2D eigenvalue weighted by molar-refractivity contribution is 7.99. The first-order valence-corrected chi connectivity index (χ1v) is 8.68. The molecule has 2 aliphatic rings. The first-order valence-electron chi connectivity index (χ1n) is 7.52. The van der Waals surface area contributed by atoms with Gasteiger partial charge in [0.1, 0.15) is 12.1 Å². The van der Waals surface area contributed by atoms with E-state index < -0.39 is 18.1 Å². The summed E-state index contributed by atoms with van der Waals surface area (Å²) in [5, 5.41) is 12.0. The van der Waals surface area contributed by atoms with Crippen molar-refractivity contribution in [3.05, 3.63) is 0 Å². The number of carboxylic acids is 1. The maximum absolute atomic E-state index is 12.4. The van der Waals surface area contributed by atoms with Crippen molar-refractivity contribution < 1.29 is 24.2 Å². The van der Waals surface area contributed by atoms with Crippen LogP contribution in [0.4, 0.5) is 0 Å². The molecule has 2 rings (SSSR count). The Kier molecular flexibility index (Phi) is 6.07. The molecule has 0 aliphatic carbocycles. The Bertz CT molecular complexity index is 439. The zero-order chi connectivity index (χ0) is 16.1. The summed E-state index contributed by atoms with van der Waals surface area (Å²) in [7, 11) is 0. The summed E-state index contributed by atoms with van der Waals surface area (Å²) in [5.74, 6) is -0.759. The molecule has 0 radical (unpaired) electrons. The van der Waals surface area contributed by atoms with E-state index in [1.165, 1.54) is 16.7 Å². The monoisotopic (exact) mass is 330 g/mol. The van der Waals surface area contributed by atoms with Crippen LogP contribution < -0.4 is 5.32 Å². The highest BCUT2D eigenvalue weighted by atomic mass is 32.2. The summed E-state index contributed by atoms with van der Waals surface area (Å²) in [6, 6.07) is -1.54. The van der Waals surface area contributed by atoms with Gasteiger partial charge in [-0.1, -0.05) is 6.92 Å². The van der Waals surface area contributed by atoms with Crippen molar-refractivity contribution in [2.75, 3.05) is 24.8 Å². The van der Waals surface area contributed by atoms with Crippen molar-refractivity contribution in [3.63, 3.8) is 0 Å². The number of rotatable bonds is 5. The molecule has 0 bridgehead atoms. The number of hydrogen-bond donors (Lipinski definition) is 2. The van der Waals surface area contributed by atoms with E-state index in [1.54, 1.807) is 6.92 Å². The van der Waals surface area contributed by atoms with Crippen LogP contribution in [-0.4, -0.2) is 64.7 Å². The zero-order valence-corrected chi connectivity index (χ0v) is 13.4. The fraction of sp³-hybridized carbons (Fsp3) is 0.786. The molecule has 3 unspecified atom stereocenters. The summed E-state index contributed by atoms with van der Waals surface area (Å²) in [4.78, 5) is 37.2. The molecule has 2 saturated heterocycles. The molecule has 22 heavy (non-hydrogen) atoms. The molecule has 124 valence electrons. The molecule has 2 heterocycles. The average molecular weight is 330 g/mol. The average Bonchev–Trinajstić information content (AvgIpc) is 3.01. The minimum absolute atomic E-state index is 0.0852. The van der Waals surface area contributed by atoms with Gasteiger partial charge in [-0.05, 0) is 12.8 Å². The van der Waals surface area contributed by atoms with Crippen LogP contribution >= 0.6 is 11.8 Å². The van der Waals surface area contributed by atoms with Crippen molar-refractivity contribution in [1.29, 1.82) is 0 Å². The van der Waals surface area contributed by atoms with Crippen molar-refractivity contribution in [1.82, 2.24) is 10.2 Å². The number of carbonyl (C=O) groups is 3. The SMILES string of the molecule is CCC(=O)N1CSCC1C(=O)NC(C(=O)O)C1CCCOC1. The third-order valence-electron chi connectivity index (χ3n) is 4.04. The second-order valence-electron chi connectivity index (χ2n) is 5.53. The molecule has 0 aromatic rings. The number of hydrogen-bond acceptors (Lipinski definition) is 5. The summed E-state index contributed by atoms with van der Waals surface area (Å²) in [5.41, 5.74) is 0. The molecule has 2 aliphatic heterocycles. The normalized spacial score (nSPS) is 26.5. The molecule has 2 fully saturated rings. The number of carboxylic acid groups (broad SMARTS) is 1. The smallest absolute Gasteiger partial charge is 0.326 e. The van der Waals surface area contributed by atoms with Crippen molar-refractivity contribution in [2.45, 2.75) is 38.3 Å². The third-order valence-corrected chi connectivity index (χ3v) is 5.05. The van der Waals surface area contributed by atoms with Crippen LogP contribution in [-0.2, 0) is 19.1 Å². The van der Waals surface area contributed by atoms with Gasteiger partial charge in [0, 0.05) is 24.7 Å². The molecule has 3 atom stereocenters. The van der Waals surface area contributed by atoms with Gasteiger partial charge in [0.05, 0.1) is 12.5 Å². The van der Waals surface area contributed by atoms with Gasteiger partial charge in [-0.2, -0.15) is 0 Å². The number of amides is 2. The van der Waals surface area contributed by atoms with Crippen LogP contribution in [0.5, 0.6) is 0 Å². The summed E-state index contributed by atoms with van der Waals surface area (Å²) in [6.45, 7) is 2.73. The molecular formula is C14H22N2O5S. The number of aliphatic carboxylic acids is 1. The quantitative estimate of drug-likeness (QED) is 0.752. The van der Waals surface area contributed by atoms with E-state index in [0.717, 1.165) is 6.42 Å². The lowest BCUT2D eigenvalue weighted by Crippen LogP contribution is -2.54. The largest absolute Gasteiger partial charge is 0.480 e. The van der Waals surface area contributed by atoms with Crippen molar-refractivity contribution >= 4 is 29.5 Å². The lowest BCUT2D eigenvalue weighted by atomic mass is 9.93. The summed E-state index contributed by atoms with van der Waals surface area (Å²) in [6.07, 6.45) is 1.85. The first-order chi connectivity index (χ1) is 10.5. The topological polar surface area (TPSA) is 95.9 Å². The van der Waals surface area contributed by atoms with E-state index in [9.17, 15) is 19.5 Å². The van der Waals surface area contributed by atoms with E-state index in [-0.39, 0.29) is 17.7 Å². The number of nitrogens with zero attached hydrogens (tertiary/aromatic N) is 1. The first kappa shape index (κ1) is 17.1. The van der Waals surface area contributed by atoms with E-state index in [4.69, 9.17) is 4.74 Å². The Hall–Kier alpha value is -1.28. The fourth-order valence-electron chi connectivity index (χ4n) is 2.77. The second kappa shape index (κ2) is 7.82. The third kappa shape index (κ3) is 3.92. The maximum Gasteiger partial charge on any atom is 0.326 e. The Morgan fingerprint density at radius 3 is 2.82 bits per heavy atom. The highest BCUT2D eigenvalue weighted by Gasteiger charge is 2.38. The van der Waals surface area contributed by atoms with Crippen LogP contribution in [0.15, 0.2) is 0 Å². The standard InChI is InChI=1S/C14H22N2O5S/c1-2-11(17)16-8-22-7-10(16)13(18)15-12(14(19)20)9-4-3-5-21-6-9/h9-10,12H,2-8H2,1H3,(H,15,18)(H,19,20). The predicted octanol–water partition coefficient (Wildman–Crippen LogP) is 0.294. The number of ether oxygens (including phenoxy) is 1. The van der Waals surface area contributed by atoms with E-state index in [2.05, 4.69) is 5.32 Å². The lowest BCUT2D eigenvalue weighted by Gasteiger charge is -2.30. The van der Waals surface area contributed by atoms with Gasteiger partial charge in [-0.25, -0.2) is 4.79 Å². The summed E-state index contributed by atoms with van der Waals surface area (Å²) < 4.78 is 5.31. The molecular weight excluding hydrogens is 308 g/mol. The van der Waals surface area contributed by atoms with Gasteiger partial charge in [-0.3, -0.25) is 9.59 Å². The van der Waals surface area contributed by atoms with Crippen LogP contribution in [0.25, 0.3) is 0 Å². The molecule has 0 spiro atoms. The van der Waals surface area contributed by atoms with Crippen LogP contribution in [0.3, 0.4) is 0 Å². The Balaban J connectivity index is 2.01. The Morgan fingerprint density at radius 1 is 1.45 bits per heavy atom. The molecule has 0 saturated carbocycles.